The summed E-state index contributed by atoms with van der Waals surface area (Å²) in [5.41, 5.74) is 3.04. The van der Waals surface area contributed by atoms with Crippen molar-refractivity contribution in [2.45, 2.75) is 51.6 Å². The van der Waals surface area contributed by atoms with Crippen LogP contribution in [0.3, 0.4) is 0 Å². The standard InChI is InChI=1S/C29H33N3O3/c1-3-25(23-11-5-4-6-12-23)28(34)31-17-14-24(15-18-31)30-27(33)26-13-8-16-32(29(26)35)20-22-10-7-9-21(2)19-22/h4-13,16,19,24-25H,3,14-15,17-18,20H2,1-2H3,(H,30,33). The van der Waals surface area contributed by atoms with Gasteiger partial charge in [0.25, 0.3) is 11.5 Å². The fraction of sp³-hybridized carbons (Fsp3) is 0.345. The minimum Gasteiger partial charge on any atom is -0.349 e. The van der Waals surface area contributed by atoms with E-state index in [0.717, 1.165) is 23.1 Å². The molecule has 1 aromatic heterocycles. The van der Waals surface area contributed by atoms with Gasteiger partial charge in [-0.15, -0.1) is 0 Å². The Morgan fingerprint density at radius 2 is 1.74 bits per heavy atom. The van der Waals surface area contributed by atoms with Crippen LogP contribution < -0.4 is 10.9 Å². The van der Waals surface area contributed by atoms with E-state index in [-0.39, 0.29) is 34.9 Å². The van der Waals surface area contributed by atoms with Crippen LogP contribution in [-0.4, -0.2) is 40.4 Å². The van der Waals surface area contributed by atoms with Gasteiger partial charge in [0, 0.05) is 25.3 Å². The zero-order valence-electron chi connectivity index (χ0n) is 20.4. The van der Waals surface area contributed by atoms with E-state index in [0.29, 0.717) is 32.5 Å². The van der Waals surface area contributed by atoms with Crippen molar-refractivity contribution in [2.24, 2.45) is 0 Å². The molecule has 1 N–H and O–H groups in total. The normalized spacial score (nSPS) is 15.0. The lowest BCUT2D eigenvalue weighted by Gasteiger charge is -2.34. The van der Waals surface area contributed by atoms with Crippen LogP contribution in [0, 0.1) is 6.92 Å². The van der Waals surface area contributed by atoms with E-state index in [4.69, 9.17) is 0 Å². The number of carbonyl (C=O) groups excluding carboxylic acids is 2. The summed E-state index contributed by atoms with van der Waals surface area (Å²) in [4.78, 5) is 40.9. The summed E-state index contributed by atoms with van der Waals surface area (Å²) < 4.78 is 1.57. The van der Waals surface area contributed by atoms with Gasteiger partial charge in [0.2, 0.25) is 5.91 Å². The molecule has 2 aromatic carbocycles. The van der Waals surface area contributed by atoms with Crippen molar-refractivity contribution in [3.05, 3.63) is 106 Å². The Hall–Kier alpha value is -3.67. The number of rotatable bonds is 7. The third kappa shape index (κ3) is 5.88. The predicted octanol–water partition coefficient (Wildman–Crippen LogP) is 4.12. The maximum atomic E-state index is 13.1. The number of nitrogens with zero attached hydrogens (tertiary/aromatic N) is 2. The van der Waals surface area contributed by atoms with E-state index in [1.807, 2.05) is 73.3 Å². The summed E-state index contributed by atoms with van der Waals surface area (Å²) in [5.74, 6) is -0.349. The molecule has 1 fully saturated rings. The van der Waals surface area contributed by atoms with Crippen LogP contribution in [0.5, 0.6) is 0 Å². The van der Waals surface area contributed by atoms with Crippen molar-refractivity contribution < 1.29 is 9.59 Å². The Morgan fingerprint density at radius 1 is 1.00 bits per heavy atom. The lowest BCUT2D eigenvalue weighted by molar-refractivity contribution is -0.134. The van der Waals surface area contributed by atoms with Crippen LogP contribution in [0.15, 0.2) is 77.7 Å². The topological polar surface area (TPSA) is 71.4 Å². The third-order valence-corrected chi connectivity index (χ3v) is 6.75. The maximum absolute atomic E-state index is 13.1. The molecule has 1 saturated heterocycles. The van der Waals surface area contributed by atoms with Crippen molar-refractivity contribution in [1.82, 2.24) is 14.8 Å². The first-order valence-electron chi connectivity index (χ1n) is 12.4. The molecule has 0 bridgehead atoms. The SMILES string of the molecule is CCC(C(=O)N1CCC(NC(=O)c2cccn(Cc3cccc(C)c3)c2=O)CC1)c1ccccc1. The van der Waals surface area contributed by atoms with Crippen LogP contribution in [0.25, 0.3) is 0 Å². The first kappa shape index (κ1) is 24.5. The molecular formula is C29H33N3O3. The van der Waals surface area contributed by atoms with E-state index in [1.54, 1.807) is 22.9 Å². The molecule has 6 nitrogen and oxygen atoms in total. The monoisotopic (exact) mass is 471 g/mol. The van der Waals surface area contributed by atoms with Gasteiger partial charge in [-0.3, -0.25) is 14.4 Å². The fourth-order valence-electron chi connectivity index (χ4n) is 4.81. The number of benzene rings is 2. The molecular weight excluding hydrogens is 438 g/mol. The van der Waals surface area contributed by atoms with Gasteiger partial charge >= 0.3 is 0 Å². The van der Waals surface area contributed by atoms with Gasteiger partial charge in [0.05, 0.1) is 12.5 Å². The second-order valence-electron chi connectivity index (χ2n) is 9.29. The van der Waals surface area contributed by atoms with Gasteiger partial charge in [-0.05, 0) is 49.4 Å². The third-order valence-electron chi connectivity index (χ3n) is 6.75. The van der Waals surface area contributed by atoms with Crippen molar-refractivity contribution in [1.29, 1.82) is 0 Å². The smallest absolute Gasteiger partial charge is 0.263 e. The average molecular weight is 472 g/mol. The summed E-state index contributed by atoms with van der Waals surface area (Å²) in [6, 6.07) is 21.1. The first-order valence-corrected chi connectivity index (χ1v) is 12.4. The summed E-state index contributed by atoms with van der Waals surface area (Å²) >= 11 is 0. The molecule has 0 saturated carbocycles. The second-order valence-corrected chi connectivity index (χ2v) is 9.29. The molecule has 35 heavy (non-hydrogen) atoms. The zero-order chi connectivity index (χ0) is 24.8. The number of amides is 2. The van der Waals surface area contributed by atoms with E-state index in [9.17, 15) is 14.4 Å². The second kappa shape index (κ2) is 11.2. The largest absolute Gasteiger partial charge is 0.349 e. The quantitative estimate of drug-likeness (QED) is 0.564. The number of aromatic nitrogens is 1. The number of nitrogens with one attached hydrogen (secondary N) is 1. The van der Waals surface area contributed by atoms with E-state index >= 15 is 0 Å². The number of aryl methyl sites for hydroxylation is 1. The Morgan fingerprint density at radius 3 is 2.43 bits per heavy atom. The van der Waals surface area contributed by atoms with Crippen LogP contribution >= 0.6 is 0 Å². The highest BCUT2D eigenvalue weighted by molar-refractivity contribution is 5.94. The summed E-state index contributed by atoms with van der Waals surface area (Å²) in [5, 5.41) is 3.02. The molecule has 1 unspecified atom stereocenters. The van der Waals surface area contributed by atoms with Gasteiger partial charge in [0.1, 0.15) is 5.56 Å². The molecule has 6 heteroatoms. The Labute approximate surface area is 206 Å². The molecule has 2 heterocycles. The Bertz CT molecular complexity index is 1230. The van der Waals surface area contributed by atoms with Crippen molar-refractivity contribution >= 4 is 11.8 Å². The van der Waals surface area contributed by atoms with Gasteiger partial charge in [-0.2, -0.15) is 0 Å². The lowest BCUT2D eigenvalue weighted by atomic mass is 9.93. The van der Waals surface area contributed by atoms with Crippen LogP contribution in [-0.2, 0) is 11.3 Å². The minimum absolute atomic E-state index is 0.0619. The zero-order valence-corrected chi connectivity index (χ0v) is 20.4. The number of hydrogen-bond acceptors (Lipinski definition) is 3. The van der Waals surface area contributed by atoms with Crippen LogP contribution in [0.4, 0.5) is 0 Å². The molecule has 1 aliphatic rings. The van der Waals surface area contributed by atoms with Crippen LogP contribution in [0.1, 0.15) is 59.2 Å². The Balaban J connectivity index is 1.36. The summed E-state index contributed by atoms with van der Waals surface area (Å²) in [7, 11) is 0. The predicted molar refractivity (Wildman–Crippen MR) is 138 cm³/mol. The number of carbonyl (C=O) groups is 2. The number of pyridine rings is 1. The maximum Gasteiger partial charge on any atom is 0.263 e. The van der Waals surface area contributed by atoms with Gasteiger partial charge in [-0.1, -0.05) is 67.1 Å². The van der Waals surface area contributed by atoms with Crippen molar-refractivity contribution in [2.75, 3.05) is 13.1 Å². The molecule has 2 amide bonds. The molecule has 4 rings (SSSR count). The van der Waals surface area contributed by atoms with E-state index < -0.39 is 0 Å². The van der Waals surface area contributed by atoms with Gasteiger partial charge < -0.3 is 14.8 Å². The average Bonchev–Trinajstić information content (AvgIpc) is 2.87. The number of hydrogen-bond donors (Lipinski definition) is 1. The molecule has 3 aromatic rings. The molecule has 1 atom stereocenters. The summed E-state index contributed by atoms with van der Waals surface area (Å²) in [6.45, 7) is 5.66. The molecule has 0 spiro atoms. The molecule has 0 aliphatic carbocycles. The minimum atomic E-state index is -0.353. The van der Waals surface area contributed by atoms with Crippen molar-refractivity contribution in [3.8, 4) is 0 Å². The highest BCUT2D eigenvalue weighted by Gasteiger charge is 2.29. The Kier molecular flexibility index (Phi) is 7.80. The molecule has 0 radical (unpaired) electrons. The highest BCUT2D eigenvalue weighted by Crippen LogP contribution is 2.24. The number of piperidine rings is 1. The summed E-state index contributed by atoms with van der Waals surface area (Å²) in [6.07, 6.45) is 3.81. The number of likely N-dealkylation sites (tertiary alicyclic amines) is 1. The van der Waals surface area contributed by atoms with E-state index in [1.165, 1.54) is 0 Å². The van der Waals surface area contributed by atoms with Crippen molar-refractivity contribution in [3.63, 3.8) is 0 Å². The highest BCUT2D eigenvalue weighted by atomic mass is 16.2. The fourth-order valence-corrected chi connectivity index (χ4v) is 4.81. The van der Waals surface area contributed by atoms with Gasteiger partial charge in [0.15, 0.2) is 0 Å². The lowest BCUT2D eigenvalue weighted by Crippen LogP contribution is -2.48. The molecule has 1 aliphatic heterocycles. The van der Waals surface area contributed by atoms with Gasteiger partial charge in [-0.25, -0.2) is 0 Å². The van der Waals surface area contributed by atoms with E-state index in [2.05, 4.69) is 5.32 Å². The first-order chi connectivity index (χ1) is 17.0. The molecule has 182 valence electrons. The van der Waals surface area contributed by atoms with Crippen LogP contribution in [0.2, 0.25) is 0 Å².